The molecule has 2 amide bonds. The molecule has 0 aliphatic heterocycles. The molecule has 0 aliphatic carbocycles. The predicted octanol–water partition coefficient (Wildman–Crippen LogP) is 5.29. The molecule has 0 bridgehead atoms. The predicted molar refractivity (Wildman–Crippen MR) is 155 cm³/mol. The van der Waals surface area contributed by atoms with Crippen LogP contribution in [0.3, 0.4) is 0 Å². The number of urea groups is 1. The molecule has 9 nitrogen and oxygen atoms in total. The van der Waals surface area contributed by atoms with Crippen molar-refractivity contribution in [2.24, 2.45) is 0 Å². The third-order valence-corrected chi connectivity index (χ3v) is 8.00. The Kier molecular flexibility index (Phi) is 8.61. The van der Waals surface area contributed by atoms with Crippen LogP contribution in [0.2, 0.25) is 0 Å². The summed E-state index contributed by atoms with van der Waals surface area (Å²) in [6, 6.07) is 21.4. The first-order valence-corrected chi connectivity index (χ1v) is 14.0. The lowest BCUT2D eigenvalue weighted by atomic mass is 10.0. The number of aromatic nitrogens is 1. The van der Waals surface area contributed by atoms with Crippen molar-refractivity contribution in [3.8, 4) is 11.1 Å². The number of nitrogens with zero attached hydrogens (tertiary/aromatic N) is 1. The Morgan fingerprint density at radius 2 is 1.55 bits per heavy atom. The number of carbonyl (C=O) groups excluding carboxylic acids is 1. The van der Waals surface area contributed by atoms with Crippen molar-refractivity contribution in [1.82, 2.24) is 9.71 Å². The number of sulfonamides is 1. The topological polar surface area (TPSA) is 137 Å². The highest BCUT2D eigenvalue weighted by atomic mass is 32.2. The van der Waals surface area contributed by atoms with E-state index in [0.29, 0.717) is 28.2 Å². The summed E-state index contributed by atoms with van der Waals surface area (Å²) in [5.41, 5.74) is 4.96. The van der Waals surface area contributed by atoms with Crippen LogP contribution in [0.1, 0.15) is 22.3 Å². The van der Waals surface area contributed by atoms with Crippen LogP contribution in [0.15, 0.2) is 90.0 Å². The molecule has 4 aromatic rings. The highest BCUT2D eigenvalue weighted by Crippen LogP contribution is 2.25. The van der Waals surface area contributed by atoms with E-state index in [0.717, 1.165) is 16.7 Å². The van der Waals surface area contributed by atoms with Crippen molar-refractivity contribution in [2.45, 2.75) is 38.1 Å². The highest BCUT2D eigenvalue weighted by Gasteiger charge is 2.28. The third kappa shape index (κ3) is 7.10. The molecule has 3 aromatic carbocycles. The molecule has 4 rings (SSSR count). The van der Waals surface area contributed by atoms with Crippen LogP contribution in [-0.4, -0.2) is 36.6 Å². The van der Waals surface area contributed by atoms with Gasteiger partial charge in [-0.05, 0) is 79.3 Å². The minimum absolute atomic E-state index is 0.0336. The van der Waals surface area contributed by atoms with Crippen LogP contribution in [0.25, 0.3) is 11.1 Å². The average molecular weight is 559 g/mol. The zero-order valence-electron chi connectivity index (χ0n) is 22.3. The summed E-state index contributed by atoms with van der Waals surface area (Å²) in [6.07, 6.45) is 1.55. The maximum Gasteiger partial charge on any atom is 0.324 e. The lowest BCUT2D eigenvalue weighted by molar-refractivity contribution is -0.138. The van der Waals surface area contributed by atoms with E-state index in [4.69, 9.17) is 0 Å². The molecule has 1 unspecified atom stereocenters. The number of aryl methyl sites for hydroxylation is 3. The largest absolute Gasteiger partial charge is 0.480 e. The smallest absolute Gasteiger partial charge is 0.324 e. The second kappa shape index (κ2) is 12.1. The monoisotopic (exact) mass is 558 g/mol. The zero-order valence-corrected chi connectivity index (χ0v) is 23.1. The van der Waals surface area contributed by atoms with Crippen molar-refractivity contribution in [1.29, 1.82) is 0 Å². The Hall–Kier alpha value is -4.54. The Morgan fingerprint density at radius 1 is 0.850 bits per heavy atom. The lowest BCUT2D eigenvalue weighted by Crippen LogP contribution is -2.42. The Bertz CT molecular complexity index is 1620. The van der Waals surface area contributed by atoms with E-state index in [1.807, 2.05) is 37.3 Å². The number of nitrogens with one attached hydrogen (secondary N) is 3. The average Bonchev–Trinajstić information content (AvgIpc) is 2.88. The quantitative estimate of drug-likeness (QED) is 0.220. The molecule has 40 heavy (non-hydrogen) atoms. The summed E-state index contributed by atoms with van der Waals surface area (Å²) in [4.78, 5) is 28.5. The Labute approximate surface area is 233 Å². The number of anilines is 2. The van der Waals surface area contributed by atoms with E-state index in [2.05, 4.69) is 20.3 Å². The first kappa shape index (κ1) is 28.5. The summed E-state index contributed by atoms with van der Waals surface area (Å²) in [5.74, 6) is -0.837. The summed E-state index contributed by atoms with van der Waals surface area (Å²) < 4.78 is 28.6. The van der Waals surface area contributed by atoms with E-state index >= 15 is 0 Å². The molecule has 0 saturated heterocycles. The number of hydrogen-bond donors (Lipinski definition) is 4. The first-order chi connectivity index (χ1) is 19.0. The van der Waals surface area contributed by atoms with Gasteiger partial charge in [0.05, 0.1) is 4.90 Å². The van der Waals surface area contributed by atoms with Gasteiger partial charge in [-0.1, -0.05) is 60.2 Å². The standard InChI is InChI=1S/C30H30N4O5S/c1-19-15-20(2)28(21(3)16-19)40(38,39)34-26(29(35)36)17-22-10-12-23(13-11-22)24-7-6-8-25(18-24)32-30(37)33-27-9-4-5-14-31-27/h4-16,18,26,34H,17H2,1-3H3,(H,35,36)(H2,31,32,33,37). The number of rotatable bonds is 9. The number of benzene rings is 3. The SMILES string of the molecule is Cc1cc(C)c(S(=O)(=O)NC(Cc2ccc(-c3cccc(NC(=O)Nc4ccccn4)c3)cc2)C(=O)O)c(C)c1. The molecule has 1 atom stereocenters. The molecule has 10 heteroatoms. The molecule has 0 radical (unpaired) electrons. The first-order valence-electron chi connectivity index (χ1n) is 12.5. The van der Waals surface area contributed by atoms with Crippen LogP contribution in [0, 0.1) is 20.8 Å². The summed E-state index contributed by atoms with van der Waals surface area (Å²) >= 11 is 0. The van der Waals surface area contributed by atoms with Crippen molar-refractivity contribution < 1.29 is 23.1 Å². The molecule has 0 spiro atoms. The Morgan fingerprint density at radius 3 is 2.17 bits per heavy atom. The van der Waals surface area contributed by atoms with Gasteiger partial charge in [0.25, 0.3) is 0 Å². The van der Waals surface area contributed by atoms with E-state index in [-0.39, 0.29) is 11.3 Å². The van der Waals surface area contributed by atoms with E-state index in [9.17, 15) is 23.1 Å². The van der Waals surface area contributed by atoms with Crippen molar-refractivity contribution in [3.05, 3.63) is 107 Å². The Balaban J connectivity index is 1.46. The fourth-order valence-corrected chi connectivity index (χ4v) is 6.22. The van der Waals surface area contributed by atoms with Gasteiger partial charge in [-0.15, -0.1) is 0 Å². The number of aliphatic carboxylic acids is 1. The number of carboxylic acids is 1. The van der Waals surface area contributed by atoms with Gasteiger partial charge in [0.15, 0.2) is 0 Å². The fraction of sp³-hybridized carbons (Fsp3) is 0.167. The van der Waals surface area contributed by atoms with E-state index in [1.54, 1.807) is 68.6 Å². The van der Waals surface area contributed by atoms with Crippen molar-refractivity contribution >= 4 is 33.5 Å². The molecule has 1 aromatic heterocycles. The molecule has 4 N–H and O–H groups in total. The normalized spacial score (nSPS) is 12.0. The fourth-order valence-electron chi connectivity index (χ4n) is 4.58. The zero-order chi connectivity index (χ0) is 28.9. The minimum atomic E-state index is -4.06. The maximum absolute atomic E-state index is 13.1. The van der Waals surface area contributed by atoms with Gasteiger partial charge in [-0.2, -0.15) is 4.72 Å². The van der Waals surface area contributed by atoms with Crippen LogP contribution in [0.4, 0.5) is 16.3 Å². The summed E-state index contributed by atoms with van der Waals surface area (Å²) in [5, 5.41) is 15.2. The van der Waals surface area contributed by atoms with Crippen LogP contribution in [-0.2, 0) is 21.2 Å². The second-order valence-corrected chi connectivity index (χ2v) is 11.2. The highest BCUT2D eigenvalue weighted by molar-refractivity contribution is 7.89. The number of carboxylic acid groups (broad SMARTS) is 1. The number of pyridine rings is 1. The van der Waals surface area contributed by atoms with Gasteiger partial charge in [-0.3, -0.25) is 10.1 Å². The van der Waals surface area contributed by atoms with Gasteiger partial charge >= 0.3 is 12.0 Å². The lowest BCUT2D eigenvalue weighted by Gasteiger charge is -2.18. The van der Waals surface area contributed by atoms with Crippen LogP contribution < -0.4 is 15.4 Å². The van der Waals surface area contributed by atoms with Gasteiger partial charge in [-0.25, -0.2) is 18.2 Å². The van der Waals surface area contributed by atoms with Crippen molar-refractivity contribution in [3.63, 3.8) is 0 Å². The molecule has 1 heterocycles. The van der Waals surface area contributed by atoms with Gasteiger partial charge in [0.1, 0.15) is 11.9 Å². The summed E-state index contributed by atoms with van der Waals surface area (Å²) in [6.45, 7) is 5.27. The number of hydrogen-bond acceptors (Lipinski definition) is 5. The van der Waals surface area contributed by atoms with E-state index in [1.165, 1.54) is 0 Å². The molecule has 206 valence electrons. The van der Waals surface area contributed by atoms with Gasteiger partial charge < -0.3 is 10.4 Å². The minimum Gasteiger partial charge on any atom is -0.480 e. The molecule has 0 saturated carbocycles. The molecular weight excluding hydrogens is 528 g/mol. The van der Waals surface area contributed by atoms with Crippen LogP contribution in [0.5, 0.6) is 0 Å². The van der Waals surface area contributed by atoms with Gasteiger partial charge in [0.2, 0.25) is 10.0 Å². The molecule has 0 fully saturated rings. The maximum atomic E-state index is 13.1. The number of amides is 2. The van der Waals surface area contributed by atoms with E-state index < -0.39 is 28.1 Å². The van der Waals surface area contributed by atoms with Crippen molar-refractivity contribution in [2.75, 3.05) is 10.6 Å². The third-order valence-electron chi connectivity index (χ3n) is 6.22. The second-order valence-electron chi connectivity index (χ2n) is 9.52. The molecular formula is C30H30N4O5S. The van der Waals surface area contributed by atoms with Crippen LogP contribution >= 0.6 is 0 Å². The summed E-state index contributed by atoms with van der Waals surface area (Å²) in [7, 11) is -4.06. The number of carbonyl (C=O) groups is 2. The van der Waals surface area contributed by atoms with Gasteiger partial charge in [0, 0.05) is 11.9 Å². The molecule has 0 aliphatic rings.